The van der Waals surface area contributed by atoms with E-state index < -0.39 is 5.97 Å². The first kappa shape index (κ1) is 17.1. The van der Waals surface area contributed by atoms with Gasteiger partial charge in [-0.1, -0.05) is 15.9 Å². The number of benzene rings is 1. The Kier molecular flexibility index (Phi) is 6.64. The van der Waals surface area contributed by atoms with Gasteiger partial charge in [0.25, 0.3) is 5.91 Å². The standard InChI is InChI=1S/C13H16Br2N2O3/c1-16(2)5-6-17(8-12(18)19)13(20)10-7-9(14)3-4-11(10)15/h3-4,7H,5-6,8H2,1-2H3,(H,18,19). The highest BCUT2D eigenvalue weighted by Crippen LogP contribution is 2.23. The molecule has 1 aromatic carbocycles. The van der Waals surface area contributed by atoms with Crippen LogP contribution in [0.4, 0.5) is 0 Å². The van der Waals surface area contributed by atoms with Crippen LogP contribution in [0.3, 0.4) is 0 Å². The first-order chi connectivity index (χ1) is 9.31. The monoisotopic (exact) mass is 406 g/mol. The van der Waals surface area contributed by atoms with Gasteiger partial charge >= 0.3 is 5.97 Å². The van der Waals surface area contributed by atoms with E-state index in [1.54, 1.807) is 12.1 Å². The molecule has 0 aliphatic carbocycles. The third-order valence-corrected chi connectivity index (χ3v) is 3.77. The summed E-state index contributed by atoms with van der Waals surface area (Å²) in [4.78, 5) is 26.6. The van der Waals surface area contributed by atoms with Gasteiger partial charge in [-0.3, -0.25) is 9.59 Å². The van der Waals surface area contributed by atoms with Crippen LogP contribution in [0.5, 0.6) is 0 Å². The molecule has 1 amide bonds. The largest absolute Gasteiger partial charge is 0.480 e. The maximum atomic E-state index is 12.5. The molecule has 0 spiro atoms. The normalized spacial score (nSPS) is 10.7. The highest BCUT2D eigenvalue weighted by molar-refractivity contribution is 9.11. The van der Waals surface area contributed by atoms with Crippen LogP contribution in [0.1, 0.15) is 10.4 Å². The summed E-state index contributed by atoms with van der Waals surface area (Å²) >= 11 is 6.63. The van der Waals surface area contributed by atoms with Crippen molar-refractivity contribution >= 4 is 43.7 Å². The Morgan fingerprint density at radius 3 is 2.40 bits per heavy atom. The summed E-state index contributed by atoms with van der Waals surface area (Å²) < 4.78 is 1.41. The quantitative estimate of drug-likeness (QED) is 0.785. The fraction of sp³-hybridized carbons (Fsp3) is 0.385. The maximum absolute atomic E-state index is 12.5. The Labute approximate surface area is 134 Å². The van der Waals surface area contributed by atoms with E-state index in [2.05, 4.69) is 31.9 Å². The van der Waals surface area contributed by atoms with E-state index in [0.717, 1.165) is 4.47 Å². The maximum Gasteiger partial charge on any atom is 0.323 e. The third-order valence-electron chi connectivity index (χ3n) is 2.59. The molecule has 1 aromatic rings. The summed E-state index contributed by atoms with van der Waals surface area (Å²) in [7, 11) is 3.75. The Morgan fingerprint density at radius 2 is 1.85 bits per heavy atom. The van der Waals surface area contributed by atoms with Crippen molar-refractivity contribution < 1.29 is 14.7 Å². The summed E-state index contributed by atoms with van der Waals surface area (Å²) in [6.07, 6.45) is 0. The molecule has 0 radical (unpaired) electrons. The number of aliphatic carboxylic acids is 1. The van der Waals surface area contributed by atoms with E-state index in [1.165, 1.54) is 4.90 Å². The summed E-state index contributed by atoms with van der Waals surface area (Å²) in [6, 6.07) is 5.24. The van der Waals surface area contributed by atoms with Crippen LogP contribution in [0.25, 0.3) is 0 Å². The minimum absolute atomic E-state index is 0.303. The number of amides is 1. The van der Waals surface area contributed by atoms with Gasteiger partial charge in [-0.25, -0.2) is 0 Å². The van der Waals surface area contributed by atoms with Gasteiger partial charge in [0.1, 0.15) is 6.54 Å². The summed E-state index contributed by atoms with van der Waals surface area (Å²) in [5.41, 5.74) is 0.444. The van der Waals surface area contributed by atoms with Gasteiger partial charge in [0.15, 0.2) is 0 Å². The van der Waals surface area contributed by atoms with Gasteiger partial charge in [-0.05, 0) is 48.2 Å². The van der Waals surface area contributed by atoms with E-state index in [9.17, 15) is 9.59 Å². The molecular formula is C13H16Br2N2O3. The second-order valence-corrected chi connectivity index (χ2v) is 6.32. The van der Waals surface area contributed by atoms with Crippen molar-refractivity contribution in [2.24, 2.45) is 0 Å². The molecule has 0 fully saturated rings. The molecule has 110 valence electrons. The van der Waals surface area contributed by atoms with Crippen LogP contribution in [0.15, 0.2) is 27.1 Å². The molecule has 0 aliphatic rings. The summed E-state index contributed by atoms with van der Waals surface area (Å²) in [6.45, 7) is 0.646. The van der Waals surface area contributed by atoms with Crippen LogP contribution < -0.4 is 0 Å². The van der Waals surface area contributed by atoms with Crippen molar-refractivity contribution in [1.82, 2.24) is 9.80 Å². The minimum atomic E-state index is -1.02. The zero-order chi connectivity index (χ0) is 15.3. The van der Waals surface area contributed by atoms with Crippen molar-refractivity contribution in [2.45, 2.75) is 0 Å². The molecule has 0 saturated carbocycles. The molecule has 20 heavy (non-hydrogen) atoms. The van der Waals surface area contributed by atoms with Gasteiger partial charge in [-0.2, -0.15) is 0 Å². The van der Waals surface area contributed by atoms with E-state index >= 15 is 0 Å². The minimum Gasteiger partial charge on any atom is -0.480 e. The molecular weight excluding hydrogens is 392 g/mol. The number of carboxylic acid groups (broad SMARTS) is 1. The number of halogens is 2. The van der Waals surface area contributed by atoms with Crippen LogP contribution in [0, 0.1) is 0 Å². The molecule has 1 rings (SSSR count). The predicted molar refractivity (Wildman–Crippen MR) is 83.9 cm³/mol. The van der Waals surface area contributed by atoms with E-state index in [0.29, 0.717) is 23.1 Å². The molecule has 0 atom stereocenters. The molecule has 0 aliphatic heterocycles. The number of nitrogens with zero attached hydrogens (tertiary/aromatic N) is 2. The van der Waals surface area contributed by atoms with Crippen molar-refractivity contribution in [3.05, 3.63) is 32.7 Å². The molecule has 5 nitrogen and oxygen atoms in total. The van der Waals surface area contributed by atoms with Crippen molar-refractivity contribution in [3.8, 4) is 0 Å². The molecule has 0 bridgehead atoms. The number of hydrogen-bond acceptors (Lipinski definition) is 3. The fourth-order valence-electron chi connectivity index (χ4n) is 1.57. The molecule has 0 heterocycles. The van der Waals surface area contributed by atoms with Crippen LogP contribution >= 0.6 is 31.9 Å². The Hall–Kier alpha value is -0.920. The van der Waals surface area contributed by atoms with E-state index in [-0.39, 0.29) is 12.5 Å². The number of rotatable bonds is 6. The Balaban J connectivity index is 2.96. The van der Waals surface area contributed by atoms with E-state index in [4.69, 9.17) is 5.11 Å². The number of hydrogen-bond donors (Lipinski definition) is 1. The van der Waals surface area contributed by atoms with Gasteiger partial charge in [0.2, 0.25) is 0 Å². The van der Waals surface area contributed by atoms with Gasteiger partial charge < -0.3 is 14.9 Å². The lowest BCUT2D eigenvalue weighted by Crippen LogP contribution is -2.40. The van der Waals surface area contributed by atoms with Gasteiger partial charge in [0.05, 0.1) is 5.56 Å². The average molecular weight is 408 g/mol. The van der Waals surface area contributed by atoms with Crippen molar-refractivity contribution in [2.75, 3.05) is 33.7 Å². The van der Waals surface area contributed by atoms with E-state index in [1.807, 2.05) is 25.1 Å². The lowest BCUT2D eigenvalue weighted by atomic mass is 10.2. The molecule has 7 heteroatoms. The van der Waals surface area contributed by atoms with Crippen LogP contribution in [0.2, 0.25) is 0 Å². The second-order valence-electron chi connectivity index (χ2n) is 4.55. The van der Waals surface area contributed by atoms with Gasteiger partial charge in [-0.15, -0.1) is 0 Å². The Bertz CT molecular complexity index is 506. The number of likely N-dealkylation sites (N-methyl/N-ethyl adjacent to an activating group) is 1. The smallest absolute Gasteiger partial charge is 0.323 e. The lowest BCUT2D eigenvalue weighted by molar-refractivity contribution is -0.137. The van der Waals surface area contributed by atoms with Gasteiger partial charge in [0, 0.05) is 22.0 Å². The summed E-state index contributed by atoms with van der Waals surface area (Å²) in [5.74, 6) is -1.33. The number of carbonyl (C=O) groups is 2. The molecule has 0 unspecified atom stereocenters. The zero-order valence-corrected chi connectivity index (χ0v) is 14.4. The topological polar surface area (TPSA) is 60.9 Å². The fourth-order valence-corrected chi connectivity index (χ4v) is 2.35. The molecule has 0 aromatic heterocycles. The predicted octanol–water partition coefficient (Wildman–Crippen LogP) is 2.30. The second kappa shape index (κ2) is 7.75. The molecule has 1 N–H and O–H groups in total. The average Bonchev–Trinajstić information content (AvgIpc) is 2.36. The highest BCUT2D eigenvalue weighted by Gasteiger charge is 2.20. The first-order valence-electron chi connectivity index (χ1n) is 5.92. The third kappa shape index (κ3) is 5.22. The number of carbonyl (C=O) groups excluding carboxylic acids is 1. The number of carboxylic acids is 1. The van der Waals surface area contributed by atoms with Crippen molar-refractivity contribution in [3.63, 3.8) is 0 Å². The SMILES string of the molecule is CN(C)CCN(CC(=O)O)C(=O)c1cc(Br)ccc1Br. The first-order valence-corrected chi connectivity index (χ1v) is 7.50. The summed E-state index contributed by atoms with van der Waals surface area (Å²) in [5, 5.41) is 8.94. The molecule has 0 saturated heterocycles. The van der Waals surface area contributed by atoms with Crippen LogP contribution in [-0.4, -0.2) is 60.5 Å². The van der Waals surface area contributed by atoms with Crippen molar-refractivity contribution in [1.29, 1.82) is 0 Å². The van der Waals surface area contributed by atoms with Crippen LogP contribution in [-0.2, 0) is 4.79 Å². The Morgan fingerprint density at radius 1 is 1.20 bits per heavy atom. The highest BCUT2D eigenvalue weighted by atomic mass is 79.9. The zero-order valence-electron chi connectivity index (χ0n) is 11.3. The lowest BCUT2D eigenvalue weighted by Gasteiger charge is -2.23.